The van der Waals surface area contributed by atoms with E-state index in [2.05, 4.69) is 26.2 Å². The molecule has 0 saturated carbocycles. The molecule has 1 aromatic heterocycles. The molecule has 1 aromatic carbocycles. The van der Waals surface area contributed by atoms with E-state index in [-0.39, 0.29) is 0 Å². The Morgan fingerprint density at radius 2 is 2.40 bits per heavy atom. The molecule has 0 fully saturated rings. The summed E-state index contributed by atoms with van der Waals surface area (Å²) in [7, 11) is 0. The molecule has 0 saturated heterocycles. The van der Waals surface area contributed by atoms with Crippen LogP contribution in [0.25, 0.3) is 0 Å². The van der Waals surface area contributed by atoms with Crippen molar-refractivity contribution in [1.82, 2.24) is 14.8 Å². The molecule has 0 radical (unpaired) electrons. The lowest BCUT2D eigenvalue weighted by atomic mass is 10.1. The van der Waals surface area contributed by atoms with Gasteiger partial charge in [-0.2, -0.15) is 0 Å². The third-order valence-electron chi connectivity index (χ3n) is 2.24. The number of nitrogens with one attached hydrogen (secondary N) is 1. The average molecular weight is 220 g/mol. The van der Waals surface area contributed by atoms with Crippen LogP contribution in [0, 0.1) is 0 Å². The molecule has 0 amide bonds. The highest BCUT2D eigenvalue weighted by molar-refractivity contribution is 7.09. The van der Waals surface area contributed by atoms with E-state index < -0.39 is 0 Å². The molecule has 1 aliphatic heterocycles. The maximum Gasteiger partial charge on any atom is 0.229 e. The van der Waals surface area contributed by atoms with E-state index in [1.165, 1.54) is 17.1 Å². The molecular formula is C9H8N4OS. The molecule has 0 unspecified atom stereocenters. The molecule has 1 N–H and O–H groups in total. The Morgan fingerprint density at radius 3 is 3.27 bits per heavy atom. The van der Waals surface area contributed by atoms with Gasteiger partial charge in [0.2, 0.25) is 5.13 Å². The fourth-order valence-corrected chi connectivity index (χ4v) is 1.96. The van der Waals surface area contributed by atoms with Crippen molar-refractivity contribution in [2.45, 2.75) is 6.42 Å². The predicted octanol–water partition coefficient (Wildman–Crippen LogP) is 1.61. The van der Waals surface area contributed by atoms with Gasteiger partial charge >= 0.3 is 0 Å². The monoisotopic (exact) mass is 220 g/mol. The number of ether oxygens (including phenoxy) is 1. The third-order valence-corrected chi connectivity index (χ3v) is 2.75. The predicted molar refractivity (Wildman–Crippen MR) is 56.6 cm³/mol. The van der Waals surface area contributed by atoms with E-state index in [4.69, 9.17) is 4.74 Å². The van der Waals surface area contributed by atoms with Crippen molar-refractivity contribution in [2.24, 2.45) is 0 Å². The van der Waals surface area contributed by atoms with Crippen LogP contribution in [-0.2, 0) is 6.42 Å². The number of hydrogen-bond donors (Lipinski definition) is 1. The summed E-state index contributed by atoms with van der Waals surface area (Å²) in [4.78, 5) is 0. The van der Waals surface area contributed by atoms with Crippen molar-refractivity contribution in [2.75, 3.05) is 11.9 Å². The van der Waals surface area contributed by atoms with Crippen LogP contribution >= 0.6 is 11.5 Å². The number of fused-ring (bicyclic) bond motifs is 1. The van der Waals surface area contributed by atoms with E-state index >= 15 is 0 Å². The molecule has 2 aromatic rings. The highest BCUT2D eigenvalue weighted by atomic mass is 32.1. The lowest BCUT2D eigenvalue weighted by molar-refractivity contribution is 0.357. The zero-order valence-electron chi connectivity index (χ0n) is 7.80. The van der Waals surface area contributed by atoms with Gasteiger partial charge in [0, 0.05) is 23.6 Å². The quantitative estimate of drug-likeness (QED) is 0.833. The fourth-order valence-electron chi connectivity index (χ4n) is 1.57. The molecule has 15 heavy (non-hydrogen) atoms. The second-order valence-corrected chi connectivity index (χ2v) is 3.95. The minimum atomic E-state index is 0.703. The molecule has 5 nitrogen and oxygen atoms in total. The van der Waals surface area contributed by atoms with Gasteiger partial charge in [0.15, 0.2) is 0 Å². The summed E-state index contributed by atoms with van der Waals surface area (Å²) in [5, 5.41) is 11.2. The van der Waals surface area contributed by atoms with Crippen LogP contribution in [0.2, 0.25) is 0 Å². The van der Waals surface area contributed by atoms with Gasteiger partial charge in [-0.25, -0.2) is 0 Å². The maximum absolute atomic E-state index is 5.42. The topological polar surface area (TPSA) is 59.9 Å². The van der Waals surface area contributed by atoms with Crippen LogP contribution in [0.4, 0.5) is 10.8 Å². The molecule has 2 heterocycles. The van der Waals surface area contributed by atoms with Crippen molar-refractivity contribution in [3.8, 4) is 5.75 Å². The lowest BCUT2D eigenvalue weighted by Gasteiger charge is -2.03. The molecule has 76 valence electrons. The largest absolute Gasteiger partial charge is 0.493 e. The molecule has 3 rings (SSSR count). The van der Waals surface area contributed by atoms with E-state index in [9.17, 15) is 0 Å². The molecule has 0 spiro atoms. The Balaban J connectivity index is 1.87. The third kappa shape index (κ3) is 1.63. The van der Waals surface area contributed by atoms with Crippen molar-refractivity contribution in [3.05, 3.63) is 23.8 Å². The first-order chi connectivity index (χ1) is 7.42. The first-order valence-corrected chi connectivity index (χ1v) is 5.37. The van der Waals surface area contributed by atoms with Crippen molar-refractivity contribution in [3.63, 3.8) is 0 Å². The Kier molecular flexibility index (Phi) is 1.99. The zero-order valence-corrected chi connectivity index (χ0v) is 8.62. The molecule has 0 bridgehead atoms. The summed E-state index contributed by atoms with van der Waals surface area (Å²) in [5.74, 6) is 0.982. The van der Waals surface area contributed by atoms with Crippen LogP contribution < -0.4 is 10.1 Å². The van der Waals surface area contributed by atoms with Gasteiger partial charge in [0.25, 0.3) is 0 Å². The summed E-state index contributed by atoms with van der Waals surface area (Å²) in [6, 6.07) is 6.01. The first kappa shape index (κ1) is 8.60. The first-order valence-electron chi connectivity index (χ1n) is 4.59. The minimum absolute atomic E-state index is 0.703. The smallest absolute Gasteiger partial charge is 0.229 e. The Morgan fingerprint density at radius 1 is 1.40 bits per heavy atom. The standard InChI is InChI=1S/C9H8N4OS/c1-2-8-6(3-4-14-8)5-7(1)10-9-11-12-13-15-9/h1-2,5H,3-4H2,(H,10,11,13). The number of aromatic nitrogens is 3. The van der Waals surface area contributed by atoms with Gasteiger partial charge in [-0.05, 0) is 29.0 Å². The second-order valence-electron chi connectivity index (χ2n) is 3.21. The van der Waals surface area contributed by atoms with Crippen LogP contribution in [-0.4, -0.2) is 21.4 Å². The molecule has 0 atom stereocenters. The van der Waals surface area contributed by atoms with Crippen molar-refractivity contribution >= 4 is 22.4 Å². The van der Waals surface area contributed by atoms with Crippen molar-refractivity contribution < 1.29 is 4.74 Å². The second kappa shape index (κ2) is 3.47. The Labute approximate surface area is 90.3 Å². The summed E-state index contributed by atoms with van der Waals surface area (Å²) in [6.07, 6.45) is 0.971. The van der Waals surface area contributed by atoms with E-state index in [0.29, 0.717) is 5.13 Å². The van der Waals surface area contributed by atoms with Gasteiger partial charge in [0.1, 0.15) is 5.75 Å². The highest BCUT2D eigenvalue weighted by Gasteiger charge is 2.12. The van der Waals surface area contributed by atoms with Gasteiger partial charge in [-0.15, -0.1) is 0 Å². The minimum Gasteiger partial charge on any atom is -0.493 e. The van der Waals surface area contributed by atoms with Gasteiger partial charge in [-0.3, -0.25) is 0 Å². The molecule has 0 aliphatic carbocycles. The van der Waals surface area contributed by atoms with Crippen LogP contribution in [0.1, 0.15) is 5.56 Å². The number of benzene rings is 1. The lowest BCUT2D eigenvalue weighted by Crippen LogP contribution is -1.90. The van der Waals surface area contributed by atoms with Crippen LogP contribution in [0.3, 0.4) is 0 Å². The van der Waals surface area contributed by atoms with Crippen LogP contribution in [0.5, 0.6) is 5.75 Å². The Hall–Kier alpha value is -1.69. The zero-order chi connectivity index (χ0) is 10.1. The summed E-state index contributed by atoms with van der Waals surface area (Å²) >= 11 is 1.24. The molecular weight excluding hydrogens is 212 g/mol. The van der Waals surface area contributed by atoms with Gasteiger partial charge in [0.05, 0.1) is 6.61 Å². The Bertz CT molecular complexity index is 471. The number of nitrogens with zero attached hydrogens (tertiary/aromatic N) is 3. The normalized spacial score (nSPS) is 13.3. The van der Waals surface area contributed by atoms with Crippen molar-refractivity contribution in [1.29, 1.82) is 0 Å². The van der Waals surface area contributed by atoms with Crippen LogP contribution in [0.15, 0.2) is 18.2 Å². The SMILES string of the molecule is c1cc2c(cc1Nc1nnns1)CCO2. The van der Waals surface area contributed by atoms with Gasteiger partial charge in [-0.1, -0.05) is 9.59 Å². The van der Waals surface area contributed by atoms with Gasteiger partial charge < -0.3 is 10.1 Å². The number of hydrogen-bond acceptors (Lipinski definition) is 6. The molecule has 1 aliphatic rings. The highest BCUT2D eigenvalue weighted by Crippen LogP contribution is 2.29. The fraction of sp³-hybridized carbons (Fsp3) is 0.222. The van der Waals surface area contributed by atoms with E-state index in [1.54, 1.807) is 0 Å². The summed E-state index contributed by atoms with van der Waals surface area (Å²) in [6.45, 7) is 0.777. The number of rotatable bonds is 2. The summed E-state index contributed by atoms with van der Waals surface area (Å²) in [5.41, 5.74) is 2.23. The van der Waals surface area contributed by atoms with E-state index in [1.807, 2.05) is 12.1 Å². The average Bonchev–Trinajstić information content (AvgIpc) is 2.87. The number of anilines is 2. The van der Waals surface area contributed by atoms with E-state index in [0.717, 1.165) is 24.5 Å². The maximum atomic E-state index is 5.42. The molecule has 6 heteroatoms. The summed E-state index contributed by atoms with van der Waals surface area (Å²) < 4.78 is 9.11.